The number of hydrogen-bond donors (Lipinski definition) is 2. The number of nitrogens with one attached hydrogen (secondary N) is 2. The number of anilines is 1. The van der Waals surface area contributed by atoms with E-state index in [1.807, 2.05) is 17.5 Å². The number of hydrogen-bond acceptors (Lipinski definition) is 7. The minimum atomic E-state index is -0.801. The van der Waals surface area contributed by atoms with E-state index in [0.29, 0.717) is 29.0 Å². The van der Waals surface area contributed by atoms with E-state index in [4.69, 9.17) is 9.47 Å². The second-order valence-corrected chi connectivity index (χ2v) is 9.97. The Morgan fingerprint density at radius 1 is 1.18 bits per heavy atom. The first-order valence-corrected chi connectivity index (χ1v) is 11.8. The van der Waals surface area contributed by atoms with E-state index in [9.17, 15) is 14.4 Å². The molecule has 4 rings (SSSR count). The average Bonchev–Trinajstić information content (AvgIpc) is 3.47. The van der Waals surface area contributed by atoms with Crippen LogP contribution in [0, 0.1) is 0 Å². The predicted octanol–water partition coefficient (Wildman–Crippen LogP) is 3.28. The molecule has 10 heteroatoms. The Bertz CT molecular complexity index is 1030. The molecule has 1 aliphatic heterocycles. The zero-order chi connectivity index (χ0) is 23.6. The van der Waals surface area contributed by atoms with E-state index in [1.165, 1.54) is 16.2 Å². The number of amides is 3. The lowest BCUT2D eigenvalue weighted by Crippen LogP contribution is -2.55. The van der Waals surface area contributed by atoms with Gasteiger partial charge in [0.1, 0.15) is 11.6 Å². The lowest BCUT2D eigenvalue weighted by atomic mass is 10.1. The molecule has 1 saturated carbocycles. The smallest absolute Gasteiger partial charge is 0.411 e. The summed E-state index contributed by atoms with van der Waals surface area (Å²) in [6.07, 6.45) is 1.54. The summed E-state index contributed by atoms with van der Waals surface area (Å²) in [7, 11) is 0. The van der Waals surface area contributed by atoms with Crippen molar-refractivity contribution in [2.75, 3.05) is 25.1 Å². The molecule has 2 aliphatic rings. The summed E-state index contributed by atoms with van der Waals surface area (Å²) in [4.78, 5) is 43.5. The number of benzene rings is 1. The first-order chi connectivity index (χ1) is 15.7. The Balaban J connectivity index is 1.39. The fourth-order valence-corrected chi connectivity index (χ4v) is 4.02. The highest BCUT2D eigenvalue weighted by Crippen LogP contribution is 2.26. The zero-order valence-corrected chi connectivity index (χ0v) is 19.7. The van der Waals surface area contributed by atoms with Crippen LogP contribution in [0.25, 0.3) is 11.3 Å². The Kier molecular flexibility index (Phi) is 6.66. The quantitative estimate of drug-likeness (QED) is 0.691. The van der Waals surface area contributed by atoms with Gasteiger partial charge in [-0.25, -0.2) is 9.78 Å². The largest absolute Gasteiger partial charge is 0.444 e. The summed E-state index contributed by atoms with van der Waals surface area (Å²) in [5.41, 5.74) is 1.47. The molecule has 1 unspecified atom stereocenters. The Labute approximate surface area is 196 Å². The van der Waals surface area contributed by atoms with Crippen molar-refractivity contribution in [2.24, 2.45) is 0 Å². The molecule has 1 atom stereocenters. The molecule has 1 aromatic heterocycles. The van der Waals surface area contributed by atoms with Gasteiger partial charge in [0.2, 0.25) is 0 Å². The summed E-state index contributed by atoms with van der Waals surface area (Å²) in [6.45, 7) is 6.06. The summed E-state index contributed by atoms with van der Waals surface area (Å²) in [5, 5.41) is 7.99. The van der Waals surface area contributed by atoms with Gasteiger partial charge in [0.05, 0.1) is 18.9 Å². The maximum absolute atomic E-state index is 12.9. The maximum atomic E-state index is 12.9. The molecule has 0 spiro atoms. The van der Waals surface area contributed by atoms with Crippen LogP contribution in [0.15, 0.2) is 29.6 Å². The fraction of sp³-hybridized carbons (Fsp3) is 0.478. The molecular formula is C23H28N4O5S. The van der Waals surface area contributed by atoms with Crippen molar-refractivity contribution in [1.82, 2.24) is 15.2 Å². The molecule has 0 bridgehead atoms. The fourth-order valence-electron chi connectivity index (χ4n) is 3.30. The summed E-state index contributed by atoms with van der Waals surface area (Å²) in [5.74, 6) is -0.451. The van der Waals surface area contributed by atoms with Crippen LogP contribution in [0.1, 0.15) is 44.0 Å². The van der Waals surface area contributed by atoms with Crippen LogP contribution in [0.2, 0.25) is 0 Å². The van der Waals surface area contributed by atoms with Gasteiger partial charge in [-0.3, -0.25) is 14.5 Å². The van der Waals surface area contributed by atoms with Crippen LogP contribution in [-0.2, 0) is 14.3 Å². The van der Waals surface area contributed by atoms with Gasteiger partial charge < -0.3 is 20.1 Å². The summed E-state index contributed by atoms with van der Waals surface area (Å²) >= 11 is 1.29. The van der Waals surface area contributed by atoms with Gasteiger partial charge in [0, 0.05) is 29.1 Å². The molecule has 0 radical (unpaired) electrons. The van der Waals surface area contributed by atoms with Crippen molar-refractivity contribution >= 4 is 34.4 Å². The van der Waals surface area contributed by atoms with Crippen LogP contribution < -0.4 is 10.6 Å². The molecule has 33 heavy (non-hydrogen) atoms. The van der Waals surface area contributed by atoms with E-state index in [2.05, 4.69) is 15.6 Å². The van der Waals surface area contributed by atoms with Gasteiger partial charge in [-0.1, -0.05) is 12.1 Å². The van der Waals surface area contributed by atoms with Crippen LogP contribution in [0.5, 0.6) is 0 Å². The van der Waals surface area contributed by atoms with Crippen molar-refractivity contribution in [1.29, 1.82) is 0 Å². The van der Waals surface area contributed by atoms with Crippen LogP contribution >= 0.6 is 11.3 Å². The van der Waals surface area contributed by atoms with Gasteiger partial charge in [-0.15, -0.1) is 11.3 Å². The van der Waals surface area contributed by atoms with Crippen molar-refractivity contribution in [3.63, 3.8) is 0 Å². The Hall–Kier alpha value is -2.98. The number of carbonyl (C=O) groups is 3. The normalized spacial score (nSPS) is 18.5. The van der Waals surface area contributed by atoms with Crippen LogP contribution in [0.3, 0.4) is 0 Å². The van der Waals surface area contributed by atoms with Crippen LogP contribution in [0.4, 0.5) is 9.93 Å². The first kappa shape index (κ1) is 23.2. The summed E-state index contributed by atoms with van der Waals surface area (Å²) in [6, 6.07) is 6.71. The van der Waals surface area contributed by atoms with Crippen molar-refractivity contribution < 1.29 is 23.9 Å². The zero-order valence-electron chi connectivity index (χ0n) is 18.9. The molecular weight excluding hydrogens is 444 g/mol. The number of carbonyl (C=O) groups excluding carboxylic acids is 3. The number of rotatable bonds is 5. The lowest BCUT2D eigenvalue weighted by Gasteiger charge is -2.35. The SMILES string of the molecule is CC(C)(C)OC(=O)N1CCOCC1C(=O)Nc1nc(-c2ccc(C(=O)NC3CC3)cc2)cs1. The van der Waals surface area contributed by atoms with Crippen molar-refractivity contribution in [3.05, 3.63) is 35.2 Å². The Morgan fingerprint density at radius 3 is 2.58 bits per heavy atom. The monoisotopic (exact) mass is 472 g/mol. The molecule has 2 fully saturated rings. The van der Waals surface area contributed by atoms with Crippen molar-refractivity contribution in [3.8, 4) is 11.3 Å². The van der Waals surface area contributed by atoms with Crippen LogP contribution in [-0.4, -0.2) is 65.2 Å². The average molecular weight is 473 g/mol. The standard InChI is InChI=1S/C23H28N4O5S/c1-23(2,3)32-22(30)27-10-11-31-12-18(27)20(29)26-21-25-17(13-33-21)14-4-6-15(7-5-14)19(28)24-16-8-9-16/h4-7,13,16,18H,8-12H2,1-3H3,(H,24,28)(H,25,26,29). The third-order valence-electron chi connectivity index (χ3n) is 5.15. The van der Waals surface area contributed by atoms with E-state index in [-0.39, 0.29) is 25.0 Å². The topological polar surface area (TPSA) is 110 Å². The number of nitrogens with zero attached hydrogens (tertiary/aromatic N) is 2. The molecule has 2 heterocycles. The summed E-state index contributed by atoms with van der Waals surface area (Å²) < 4.78 is 10.9. The van der Waals surface area contributed by atoms with Gasteiger partial charge in [-0.2, -0.15) is 0 Å². The highest BCUT2D eigenvalue weighted by molar-refractivity contribution is 7.14. The highest BCUT2D eigenvalue weighted by atomic mass is 32.1. The molecule has 1 aliphatic carbocycles. The van der Waals surface area contributed by atoms with E-state index >= 15 is 0 Å². The second kappa shape index (κ2) is 9.48. The number of morpholine rings is 1. The highest BCUT2D eigenvalue weighted by Gasteiger charge is 2.36. The predicted molar refractivity (Wildman–Crippen MR) is 124 cm³/mol. The van der Waals surface area contributed by atoms with Gasteiger partial charge in [0.15, 0.2) is 5.13 Å². The van der Waals surface area contributed by atoms with E-state index < -0.39 is 17.7 Å². The number of ether oxygens (including phenoxy) is 2. The molecule has 3 amide bonds. The Morgan fingerprint density at radius 2 is 1.91 bits per heavy atom. The third-order valence-corrected chi connectivity index (χ3v) is 5.91. The minimum Gasteiger partial charge on any atom is -0.444 e. The van der Waals surface area contributed by atoms with Crippen molar-refractivity contribution in [2.45, 2.75) is 51.3 Å². The minimum absolute atomic E-state index is 0.0699. The van der Waals surface area contributed by atoms with Gasteiger partial charge in [0.25, 0.3) is 11.8 Å². The second-order valence-electron chi connectivity index (χ2n) is 9.12. The third kappa shape index (κ3) is 6.08. The molecule has 2 aromatic rings. The number of aromatic nitrogens is 1. The number of thiazole rings is 1. The van der Waals surface area contributed by atoms with E-state index in [0.717, 1.165) is 18.4 Å². The van der Waals surface area contributed by atoms with Gasteiger partial charge in [-0.05, 0) is 45.7 Å². The molecule has 176 valence electrons. The maximum Gasteiger partial charge on any atom is 0.411 e. The van der Waals surface area contributed by atoms with E-state index in [1.54, 1.807) is 32.9 Å². The molecule has 1 saturated heterocycles. The molecule has 2 N–H and O–H groups in total. The lowest BCUT2D eigenvalue weighted by molar-refractivity contribution is -0.127. The molecule has 1 aromatic carbocycles. The van der Waals surface area contributed by atoms with Gasteiger partial charge >= 0.3 is 6.09 Å². The first-order valence-electron chi connectivity index (χ1n) is 10.9. The molecule has 9 nitrogen and oxygen atoms in total.